The van der Waals surface area contributed by atoms with Crippen LogP contribution in [0.2, 0.25) is 0 Å². The Hall–Kier alpha value is -2.57. The lowest BCUT2D eigenvalue weighted by Crippen LogP contribution is -2.68. The van der Waals surface area contributed by atoms with Crippen LogP contribution in [0.15, 0.2) is 24.3 Å². The summed E-state index contributed by atoms with van der Waals surface area (Å²) >= 11 is 0. The first-order chi connectivity index (χ1) is 15.8. The normalized spacial score (nSPS) is 27.0. The van der Waals surface area contributed by atoms with Crippen LogP contribution in [0.5, 0.6) is 0 Å². The number of ether oxygens (including phenoxy) is 3. The van der Waals surface area contributed by atoms with Crippen LogP contribution < -0.4 is 4.90 Å². The van der Waals surface area contributed by atoms with E-state index in [9.17, 15) is 14.4 Å². The van der Waals surface area contributed by atoms with Crippen molar-refractivity contribution in [2.75, 3.05) is 32.2 Å². The maximum absolute atomic E-state index is 13.7. The first-order valence-electron chi connectivity index (χ1n) is 12.1. The molecule has 7 nitrogen and oxygen atoms in total. The molecule has 0 bridgehead atoms. The summed E-state index contributed by atoms with van der Waals surface area (Å²) in [6, 6.07) is 7.71. The quantitative estimate of drug-likeness (QED) is 0.365. The Balaban J connectivity index is 1.90. The Bertz CT molecular complexity index is 884. The molecule has 0 aromatic heterocycles. The summed E-state index contributed by atoms with van der Waals surface area (Å²) in [7, 11) is 3.90. The molecule has 0 N–H and O–H groups in total. The molecule has 1 aromatic rings. The van der Waals surface area contributed by atoms with E-state index in [4.69, 9.17) is 14.2 Å². The molecule has 7 heteroatoms. The van der Waals surface area contributed by atoms with E-state index in [0.717, 1.165) is 43.4 Å². The van der Waals surface area contributed by atoms with Gasteiger partial charge < -0.3 is 19.1 Å². The third kappa shape index (κ3) is 3.69. The van der Waals surface area contributed by atoms with Gasteiger partial charge in [0.05, 0.1) is 13.2 Å². The van der Waals surface area contributed by atoms with Gasteiger partial charge in [-0.25, -0.2) is 0 Å². The first-order valence-corrected chi connectivity index (χ1v) is 12.1. The molecule has 1 spiro atoms. The number of carbonyl (C=O) groups is 3. The monoisotopic (exact) mass is 457 g/mol. The van der Waals surface area contributed by atoms with Crippen LogP contribution in [0.3, 0.4) is 0 Å². The van der Waals surface area contributed by atoms with Gasteiger partial charge in [-0.05, 0) is 50.8 Å². The van der Waals surface area contributed by atoms with Gasteiger partial charge >= 0.3 is 17.9 Å². The zero-order chi connectivity index (χ0) is 23.8. The molecule has 0 amide bonds. The number of benzene rings is 1. The fourth-order valence-electron chi connectivity index (χ4n) is 6.41. The van der Waals surface area contributed by atoms with Crippen molar-refractivity contribution in [3.8, 4) is 0 Å². The summed E-state index contributed by atoms with van der Waals surface area (Å²) in [5.74, 6) is -2.78. The number of carbonyl (C=O) groups excluding carboxylic acids is 3. The van der Waals surface area contributed by atoms with Gasteiger partial charge in [0.25, 0.3) is 0 Å². The van der Waals surface area contributed by atoms with Crippen LogP contribution in [0, 0.1) is 16.7 Å². The van der Waals surface area contributed by atoms with E-state index in [1.807, 2.05) is 43.3 Å². The van der Waals surface area contributed by atoms with Crippen molar-refractivity contribution in [2.24, 2.45) is 16.7 Å². The molecule has 33 heavy (non-hydrogen) atoms. The largest absolute Gasteiger partial charge is 0.465 e. The number of fused-ring (bicyclic) bond motifs is 2. The van der Waals surface area contributed by atoms with E-state index < -0.39 is 34.6 Å². The molecule has 1 aliphatic heterocycles. The fourth-order valence-corrected chi connectivity index (χ4v) is 6.41. The minimum absolute atomic E-state index is 0.151. The molecule has 0 unspecified atom stereocenters. The van der Waals surface area contributed by atoms with Crippen molar-refractivity contribution >= 4 is 23.6 Å². The molecular weight excluding hydrogens is 422 g/mol. The van der Waals surface area contributed by atoms with Gasteiger partial charge in [0.1, 0.15) is 12.0 Å². The summed E-state index contributed by atoms with van der Waals surface area (Å²) in [4.78, 5) is 42.4. The van der Waals surface area contributed by atoms with E-state index in [0.29, 0.717) is 0 Å². The second-order valence-corrected chi connectivity index (χ2v) is 9.86. The number of hydrogen-bond donors (Lipinski definition) is 0. The summed E-state index contributed by atoms with van der Waals surface area (Å²) in [6.45, 7) is 3.77. The molecule has 1 saturated heterocycles. The number of rotatable bonds is 6. The number of anilines is 1. The lowest BCUT2D eigenvalue weighted by Gasteiger charge is -2.61. The zero-order valence-electron chi connectivity index (χ0n) is 20.1. The van der Waals surface area contributed by atoms with Gasteiger partial charge in [0.15, 0.2) is 5.41 Å². The first kappa shape index (κ1) is 23.6. The predicted molar refractivity (Wildman–Crippen MR) is 123 cm³/mol. The summed E-state index contributed by atoms with van der Waals surface area (Å²) < 4.78 is 16.9. The van der Waals surface area contributed by atoms with Gasteiger partial charge in [0, 0.05) is 31.1 Å². The van der Waals surface area contributed by atoms with Crippen LogP contribution in [-0.4, -0.2) is 51.3 Å². The lowest BCUT2D eigenvalue weighted by atomic mass is 9.46. The van der Waals surface area contributed by atoms with Crippen molar-refractivity contribution in [1.82, 2.24) is 0 Å². The fraction of sp³-hybridized carbons (Fsp3) is 0.654. The topological polar surface area (TPSA) is 82.1 Å². The molecule has 180 valence electrons. The van der Waals surface area contributed by atoms with Crippen molar-refractivity contribution in [2.45, 2.75) is 64.4 Å². The maximum Gasteiger partial charge on any atom is 0.324 e. The van der Waals surface area contributed by atoms with Crippen LogP contribution >= 0.6 is 0 Å². The zero-order valence-corrected chi connectivity index (χ0v) is 20.1. The second kappa shape index (κ2) is 8.99. The van der Waals surface area contributed by atoms with Gasteiger partial charge in [0.2, 0.25) is 0 Å². The van der Waals surface area contributed by atoms with Gasteiger partial charge in [-0.3, -0.25) is 14.4 Å². The highest BCUT2D eigenvalue weighted by Crippen LogP contribution is 2.65. The third-order valence-electron chi connectivity index (χ3n) is 7.86. The van der Waals surface area contributed by atoms with Crippen LogP contribution in [0.1, 0.15) is 63.9 Å². The average Bonchev–Trinajstić information content (AvgIpc) is 2.80. The van der Waals surface area contributed by atoms with Crippen molar-refractivity contribution < 1.29 is 28.6 Å². The Morgan fingerprint density at radius 3 is 2.06 bits per heavy atom. The molecular formula is C26H35NO6. The smallest absolute Gasteiger partial charge is 0.324 e. The summed E-state index contributed by atoms with van der Waals surface area (Å²) in [5.41, 5.74) is -0.233. The lowest BCUT2D eigenvalue weighted by molar-refractivity contribution is -0.240. The molecule has 1 aromatic carbocycles. The van der Waals surface area contributed by atoms with Crippen molar-refractivity contribution in [3.63, 3.8) is 0 Å². The van der Waals surface area contributed by atoms with Gasteiger partial charge in [-0.15, -0.1) is 0 Å². The molecule has 3 atom stereocenters. The number of nitrogens with zero attached hydrogens (tertiary/aromatic N) is 1. The molecule has 3 fully saturated rings. The molecule has 1 heterocycles. The summed E-state index contributed by atoms with van der Waals surface area (Å²) in [5, 5.41) is 0. The Morgan fingerprint density at radius 1 is 1.00 bits per heavy atom. The average molecular weight is 458 g/mol. The van der Waals surface area contributed by atoms with Crippen molar-refractivity contribution in [1.29, 1.82) is 0 Å². The molecule has 4 rings (SSSR count). The number of esters is 3. The Kier molecular flexibility index (Phi) is 6.43. The SMILES string of the molecule is CCOC(=O)C1(C(=O)OCC)CC2(CCCCC2)[C@H]2OC(=O)[C@H]2[C@@H]1c1ccc(N(C)C)cc1. The van der Waals surface area contributed by atoms with E-state index in [1.165, 1.54) is 0 Å². The van der Waals surface area contributed by atoms with E-state index in [-0.39, 0.29) is 31.7 Å². The van der Waals surface area contributed by atoms with E-state index >= 15 is 0 Å². The van der Waals surface area contributed by atoms with Crippen molar-refractivity contribution in [3.05, 3.63) is 29.8 Å². The predicted octanol–water partition coefficient (Wildman–Crippen LogP) is 3.84. The third-order valence-corrected chi connectivity index (χ3v) is 7.86. The molecule has 2 aliphatic carbocycles. The van der Waals surface area contributed by atoms with Crippen LogP contribution in [-0.2, 0) is 28.6 Å². The van der Waals surface area contributed by atoms with E-state index in [1.54, 1.807) is 13.8 Å². The minimum Gasteiger partial charge on any atom is -0.465 e. The molecule has 0 radical (unpaired) electrons. The maximum atomic E-state index is 13.7. The summed E-state index contributed by atoms with van der Waals surface area (Å²) in [6.07, 6.45) is 4.74. The highest BCUT2D eigenvalue weighted by atomic mass is 16.6. The standard InChI is InChI=1S/C26H35NO6/c1-5-31-23(29)26(24(30)32-6-2)16-25(14-8-7-9-15-25)21-19(22(28)33-21)20(26)17-10-12-18(13-11-17)27(3)4/h10-13,19-21H,5-9,14-16H2,1-4H3/t19-,20-,21-/m0/s1. The molecule has 3 aliphatic rings. The van der Waals surface area contributed by atoms with E-state index in [2.05, 4.69) is 0 Å². The van der Waals surface area contributed by atoms with Crippen LogP contribution in [0.4, 0.5) is 5.69 Å². The van der Waals surface area contributed by atoms with Crippen LogP contribution in [0.25, 0.3) is 0 Å². The molecule has 2 saturated carbocycles. The number of hydrogen-bond acceptors (Lipinski definition) is 7. The highest BCUT2D eigenvalue weighted by Gasteiger charge is 2.73. The highest BCUT2D eigenvalue weighted by molar-refractivity contribution is 6.03. The Morgan fingerprint density at radius 2 is 1.58 bits per heavy atom. The minimum atomic E-state index is -1.58. The van der Waals surface area contributed by atoms with Gasteiger partial charge in [-0.1, -0.05) is 31.4 Å². The second-order valence-electron chi connectivity index (χ2n) is 9.86. The van der Waals surface area contributed by atoms with Gasteiger partial charge in [-0.2, -0.15) is 0 Å². The Labute approximate surface area is 195 Å².